The lowest BCUT2D eigenvalue weighted by molar-refractivity contribution is 0.0600. The molecule has 1 N–H and O–H groups in total. The quantitative estimate of drug-likeness (QED) is 0.330. The van der Waals surface area contributed by atoms with Crippen LogP contribution in [0, 0.1) is 13.8 Å². The minimum absolute atomic E-state index is 0.0850. The van der Waals surface area contributed by atoms with Crippen LogP contribution in [0.3, 0.4) is 0 Å². The third-order valence-corrected chi connectivity index (χ3v) is 7.45. The summed E-state index contributed by atoms with van der Waals surface area (Å²) in [6.45, 7) is 7.00. The van der Waals surface area contributed by atoms with E-state index in [1.807, 2.05) is 38.1 Å². The second kappa shape index (κ2) is 10.0. The van der Waals surface area contributed by atoms with Gasteiger partial charge in [0.15, 0.2) is 5.82 Å². The van der Waals surface area contributed by atoms with Gasteiger partial charge in [-0.2, -0.15) is 0 Å². The molecule has 8 nitrogen and oxygen atoms in total. The van der Waals surface area contributed by atoms with Crippen molar-refractivity contribution < 1.29 is 14.6 Å². The van der Waals surface area contributed by atoms with Crippen LogP contribution in [0.15, 0.2) is 59.7 Å². The number of methoxy groups -OCH3 is 1. The number of rotatable bonds is 6. The summed E-state index contributed by atoms with van der Waals surface area (Å²) in [6.07, 6.45) is 4.10. The molecule has 200 valence electrons. The minimum atomic E-state index is -1.21. The first-order valence-electron chi connectivity index (χ1n) is 12.6. The van der Waals surface area contributed by atoms with Crippen LogP contribution in [-0.4, -0.2) is 37.7 Å². The molecule has 0 unspecified atom stereocenters. The summed E-state index contributed by atoms with van der Waals surface area (Å²) < 4.78 is 6.45. The molecule has 2 atom stereocenters. The van der Waals surface area contributed by atoms with E-state index in [4.69, 9.17) is 16.3 Å². The highest BCUT2D eigenvalue weighted by atomic mass is 35.5. The van der Waals surface area contributed by atoms with Crippen molar-refractivity contribution in [1.82, 2.24) is 19.5 Å². The van der Waals surface area contributed by atoms with Crippen LogP contribution < -0.4 is 5.56 Å². The minimum Gasteiger partial charge on any atom is -0.465 e. The third-order valence-electron chi connectivity index (χ3n) is 7.07. The lowest BCUT2D eigenvalue weighted by atomic mass is 10.0. The van der Waals surface area contributed by atoms with Crippen molar-refractivity contribution in [3.63, 3.8) is 0 Å². The van der Waals surface area contributed by atoms with E-state index >= 15 is 0 Å². The Bertz CT molecular complexity index is 1660. The van der Waals surface area contributed by atoms with Crippen LogP contribution >= 0.6 is 11.6 Å². The highest BCUT2D eigenvalue weighted by molar-refractivity contribution is 6.31. The number of aliphatic hydroxyl groups is 1. The number of hydrogen-bond donors (Lipinski definition) is 1. The lowest BCUT2D eigenvalue weighted by Crippen LogP contribution is -2.23. The van der Waals surface area contributed by atoms with Gasteiger partial charge in [-0.25, -0.2) is 14.8 Å². The van der Waals surface area contributed by atoms with E-state index in [0.29, 0.717) is 22.6 Å². The first-order chi connectivity index (χ1) is 18.5. The zero-order valence-corrected chi connectivity index (χ0v) is 23.2. The predicted octanol–water partition coefficient (Wildman–Crippen LogP) is 5.24. The molecule has 0 aliphatic heterocycles. The van der Waals surface area contributed by atoms with Crippen molar-refractivity contribution >= 4 is 17.6 Å². The van der Waals surface area contributed by atoms with Gasteiger partial charge in [0.2, 0.25) is 0 Å². The van der Waals surface area contributed by atoms with E-state index < -0.39 is 5.60 Å². The molecule has 1 aromatic carbocycles. The highest BCUT2D eigenvalue weighted by Gasteiger charge is 2.41. The highest BCUT2D eigenvalue weighted by Crippen LogP contribution is 2.56. The molecule has 3 heterocycles. The largest absolute Gasteiger partial charge is 0.465 e. The molecule has 3 aromatic heterocycles. The summed E-state index contributed by atoms with van der Waals surface area (Å²) in [4.78, 5) is 38.8. The van der Waals surface area contributed by atoms with Crippen LogP contribution in [0.2, 0.25) is 5.02 Å². The van der Waals surface area contributed by atoms with Gasteiger partial charge in [0, 0.05) is 18.1 Å². The van der Waals surface area contributed by atoms with Crippen LogP contribution in [0.4, 0.5) is 0 Å². The molecule has 4 aromatic rings. The van der Waals surface area contributed by atoms with E-state index in [9.17, 15) is 14.7 Å². The van der Waals surface area contributed by atoms with E-state index in [1.165, 1.54) is 7.11 Å². The number of halogens is 1. The van der Waals surface area contributed by atoms with Crippen molar-refractivity contribution in [3.05, 3.63) is 104 Å². The van der Waals surface area contributed by atoms with Crippen molar-refractivity contribution in [3.8, 4) is 17.1 Å². The van der Waals surface area contributed by atoms with Gasteiger partial charge in [-0.05, 0) is 93.0 Å². The third kappa shape index (κ3) is 5.10. The normalized spacial score (nSPS) is 16.7. The van der Waals surface area contributed by atoms with Crippen molar-refractivity contribution in [2.45, 2.75) is 51.6 Å². The van der Waals surface area contributed by atoms with Crippen LogP contribution in [0.25, 0.3) is 17.1 Å². The van der Waals surface area contributed by atoms with E-state index in [-0.39, 0.29) is 34.2 Å². The first-order valence-corrected chi connectivity index (χ1v) is 13.0. The molecule has 0 saturated heterocycles. The second-order valence-electron chi connectivity index (χ2n) is 10.4. The average Bonchev–Trinajstić information content (AvgIpc) is 3.72. The van der Waals surface area contributed by atoms with Crippen molar-refractivity contribution in [2.75, 3.05) is 7.11 Å². The molecular weight excluding hydrogens is 516 g/mol. The predicted molar refractivity (Wildman–Crippen MR) is 148 cm³/mol. The Morgan fingerprint density at radius 3 is 2.59 bits per heavy atom. The standard InChI is InChI=1S/C30H29ClN4O4/c1-16-15-33-24(23-9-10-32-29(34-23)30(3,4)38)14-25(16)35-17(2)11-22(26(31)27(35)36)21-13-20(21)18-7-6-8-19(12-18)28(37)39-5/h6-12,14-15,20-21,38H,13H2,1-5H3/t20-,21+/m1/s1. The Kier molecular flexibility index (Phi) is 6.86. The number of pyridine rings is 2. The second-order valence-corrected chi connectivity index (χ2v) is 10.8. The van der Waals surface area contributed by atoms with E-state index in [2.05, 4.69) is 15.0 Å². The number of carbonyl (C=O) groups is 1. The maximum Gasteiger partial charge on any atom is 0.337 e. The molecule has 9 heteroatoms. The fourth-order valence-corrected chi connectivity index (χ4v) is 5.19. The molecule has 0 radical (unpaired) electrons. The number of benzene rings is 1. The molecule has 1 aliphatic carbocycles. The van der Waals surface area contributed by atoms with Crippen molar-refractivity contribution in [1.29, 1.82) is 0 Å². The summed E-state index contributed by atoms with van der Waals surface area (Å²) >= 11 is 6.72. The van der Waals surface area contributed by atoms with Crippen molar-refractivity contribution in [2.24, 2.45) is 0 Å². The van der Waals surface area contributed by atoms with Gasteiger partial charge < -0.3 is 9.84 Å². The van der Waals surface area contributed by atoms with Gasteiger partial charge in [-0.3, -0.25) is 14.3 Å². The fraction of sp³-hybridized carbons (Fsp3) is 0.300. The Hall–Kier alpha value is -3.88. The number of ether oxygens (including phenoxy) is 1. The zero-order chi connectivity index (χ0) is 28.1. The summed E-state index contributed by atoms with van der Waals surface area (Å²) in [6, 6.07) is 12.9. The van der Waals surface area contributed by atoms with Gasteiger partial charge in [0.25, 0.3) is 5.56 Å². The molecule has 0 spiro atoms. The van der Waals surface area contributed by atoms with Gasteiger partial charge in [-0.1, -0.05) is 23.7 Å². The van der Waals surface area contributed by atoms with E-state index in [0.717, 1.165) is 28.8 Å². The monoisotopic (exact) mass is 544 g/mol. The van der Waals surface area contributed by atoms with Gasteiger partial charge in [-0.15, -0.1) is 0 Å². The number of esters is 1. The molecule has 0 bridgehead atoms. The van der Waals surface area contributed by atoms with Crippen LogP contribution in [0.5, 0.6) is 0 Å². The van der Waals surface area contributed by atoms with Gasteiger partial charge in [0.05, 0.1) is 29.7 Å². The summed E-state index contributed by atoms with van der Waals surface area (Å²) in [5.41, 5.74) is 4.09. The SMILES string of the molecule is COC(=O)c1cccc([C@H]2C[C@@H]2c2cc(C)n(-c3cc(-c4ccnc(C(C)(C)O)n4)ncc3C)c(=O)c2Cl)c1. The Morgan fingerprint density at radius 2 is 1.87 bits per heavy atom. The Balaban J connectivity index is 1.51. The Labute approximate surface area is 231 Å². The summed E-state index contributed by atoms with van der Waals surface area (Å²) in [5, 5.41) is 10.5. The van der Waals surface area contributed by atoms with Gasteiger partial charge >= 0.3 is 5.97 Å². The zero-order valence-electron chi connectivity index (χ0n) is 22.4. The van der Waals surface area contributed by atoms with Gasteiger partial charge in [0.1, 0.15) is 10.6 Å². The smallest absolute Gasteiger partial charge is 0.337 e. The maximum atomic E-state index is 13.6. The summed E-state index contributed by atoms with van der Waals surface area (Å²) in [7, 11) is 1.36. The van der Waals surface area contributed by atoms with E-state index in [1.54, 1.807) is 49.0 Å². The molecule has 1 fully saturated rings. The lowest BCUT2D eigenvalue weighted by Gasteiger charge is -2.17. The molecule has 0 amide bonds. The summed E-state index contributed by atoms with van der Waals surface area (Å²) in [5.74, 6) is 0.150. The number of aromatic nitrogens is 4. The molecule has 39 heavy (non-hydrogen) atoms. The number of aryl methyl sites for hydroxylation is 2. The number of hydrogen-bond acceptors (Lipinski definition) is 7. The van der Waals surface area contributed by atoms with Crippen LogP contribution in [0.1, 0.15) is 70.7 Å². The number of nitrogens with zero attached hydrogens (tertiary/aromatic N) is 4. The number of carbonyl (C=O) groups excluding carboxylic acids is 1. The maximum absolute atomic E-state index is 13.6. The topological polar surface area (TPSA) is 107 Å². The van der Waals surface area contributed by atoms with Crippen LogP contribution in [-0.2, 0) is 10.3 Å². The average molecular weight is 545 g/mol. The molecular formula is C30H29ClN4O4. The Morgan fingerprint density at radius 1 is 1.10 bits per heavy atom. The molecule has 1 aliphatic rings. The fourth-order valence-electron chi connectivity index (χ4n) is 4.92. The first kappa shape index (κ1) is 26.7. The molecule has 5 rings (SSSR count). The molecule has 1 saturated carbocycles.